The highest BCUT2D eigenvalue weighted by atomic mass is 16.6. The van der Waals surface area contributed by atoms with Crippen LogP contribution in [0, 0.1) is 16.7 Å². The second kappa shape index (κ2) is 7.24. The number of likely N-dealkylation sites (tertiary alicyclic amines) is 1. The van der Waals surface area contributed by atoms with Crippen molar-refractivity contribution in [3.8, 4) is 17.2 Å². The number of nitriles is 1. The summed E-state index contributed by atoms with van der Waals surface area (Å²) in [6, 6.07) is 4.67. The van der Waals surface area contributed by atoms with Crippen LogP contribution in [0.25, 0.3) is 16.6 Å². The van der Waals surface area contributed by atoms with Gasteiger partial charge in [0.25, 0.3) is 0 Å². The highest BCUT2D eigenvalue weighted by Crippen LogP contribution is 2.44. The van der Waals surface area contributed by atoms with Crippen molar-refractivity contribution in [2.24, 2.45) is 5.41 Å². The third kappa shape index (κ3) is 3.69. The summed E-state index contributed by atoms with van der Waals surface area (Å²) in [6.45, 7) is 12.9. The molecule has 3 aromatic rings. The van der Waals surface area contributed by atoms with E-state index < -0.39 is 5.60 Å². The van der Waals surface area contributed by atoms with Gasteiger partial charge in [0.05, 0.1) is 23.6 Å². The molecular formula is C24H29N7O2. The molecule has 1 spiro atoms. The van der Waals surface area contributed by atoms with Gasteiger partial charge in [0.15, 0.2) is 0 Å². The van der Waals surface area contributed by atoms with Crippen LogP contribution in [0.5, 0.6) is 0 Å². The number of rotatable bonds is 3. The molecular weight excluding hydrogens is 418 g/mol. The highest BCUT2D eigenvalue weighted by molar-refractivity contribution is 5.84. The Morgan fingerprint density at radius 1 is 1.12 bits per heavy atom. The van der Waals surface area contributed by atoms with Gasteiger partial charge in [-0.3, -0.25) is 4.68 Å². The van der Waals surface area contributed by atoms with Gasteiger partial charge in [0, 0.05) is 61.2 Å². The zero-order valence-corrected chi connectivity index (χ0v) is 19.7. The summed E-state index contributed by atoms with van der Waals surface area (Å²) in [6.07, 6.45) is 7.21. The monoisotopic (exact) mass is 447 g/mol. The Morgan fingerprint density at radius 3 is 2.45 bits per heavy atom. The van der Waals surface area contributed by atoms with Gasteiger partial charge in [-0.15, -0.1) is 0 Å². The van der Waals surface area contributed by atoms with Crippen molar-refractivity contribution in [1.29, 1.82) is 5.26 Å². The molecule has 9 heteroatoms. The summed E-state index contributed by atoms with van der Waals surface area (Å²) >= 11 is 0. The molecule has 0 unspecified atom stereocenters. The molecule has 0 bridgehead atoms. The average Bonchev–Trinajstić information content (AvgIpc) is 3.31. The zero-order chi connectivity index (χ0) is 23.5. The zero-order valence-electron chi connectivity index (χ0n) is 19.7. The number of amides is 1. The SMILES string of the molecule is CC(C)n1cc(-c2cc(N3CC4(CN(C(=O)OC(C)(C)C)C4)C3)c3c(C#N)cnn3c2)cn1. The minimum absolute atomic E-state index is 0.0826. The van der Waals surface area contributed by atoms with Crippen molar-refractivity contribution >= 4 is 17.3 Å². The second-order valence-corrected chi connectivity index (χ2v) is 10.6. The predicted octanol–water partition coefficient (Wildman–Crippen LogP) is 3.71. The van der Waals surface area contributed by atoms with E-state index in [-0.39, 0.29) is 17.6 Å². The Labute approximate surface area is 193 Å². The fraction of sp³-hybridized carbons (Fsp3) is 0.500. The molecule has 2 aliphatic rings. The number of pyridine rings is 1. The molecule has 172 valence electrons. The molecule has 33 heavy (non-hydrogen) atoms. The summed E-state index contributed by atoms with van der Waals surface area (Å²) < 4.78 is 9.21. The van der Waals surface area contributed by atoms with E-state index in [2.05, 4.69) is 41.1 Å². The lowest BCUT2D eigenvalue weighted by Gasteiger charge is -2.60. The smallest absolute Gasteiger partial charge is 0.410 e. The Hall–Kier alpha value is -3.54. The fourth-order valence-corrected chi connectivity index (χ4v) is 4.70. The molecule has 2 saturated heterocycles. The number of aromatic nitrogens is 4. The topological polar surface area (TPSA) is 91.7 Å². The number of nitrogens with zero attached hydrogens (tertiary/aromatic N) is 7. The highest BCUT2D eigenvalue weighted by Gasteiger charge is 2.54. The van der Waals surface area contributed by atoms with Crippen LogP contribution in [0.4, 0.5) is 10.5 Å². The average molecular weight is 448 g/mol. The number of fused-ring (bicyclic) bond motifs is 1. The molecule has 0 atom stereocenters. The van der Waals surface area contributed by atoms with Gasteiger partial charge in [0.1, 0.15) is 17.2 Å². The van der Waals surface area contributed by atoms with Crippen LogP contribution in [0.15, 0.2) is 30.9 Å². The third-order valence-corrected chi connectivity index (χ3v) is 6.27. The number of anilines is 1. The first-order valence-electron chi connectivity index (χ1n) is 11.3. The van der Waals surface area contributed by atoms with Crippen LogP contribution in [-0.2, 0) is 4.74 Å². The molecule has 1 amide bonds. The van der Waals surface area contributed by atoms with Crippen molar-refractivity contribution in [2.75, 3.05) is 31.1 Å². The minimum atomic E-state index is -0.489. The van der Waals surface area contributed by atoms with E-state index in [4.69, 9.17) is 4.74 Å². The van der Waals surface area contributed by atoms with Gasteiger partial charge in [-0.2, -0.15) is 15.5 Å². The number of hydrogen-bond donors (Lipinski definition) is 0. The summed E-state index contributed by atoms with van der Waals surface area (Å²) in [7, 11) is 0. The number of carbonyl (C=O) groups excluding carboxylic acids is 1. The molecule has 0 aromatic carbocycles. The Kier molecular flexibility index (Phi) is 4.67. The number of ether oxygens (including phenoxy) is 1. The van der Waals surface area contributed by atoms with Crippen molar-refractivity contribution in [3.63, 3.8) is 0 Å². The normalized spacial score (nSPS) is 17.2. The van der Waals surface area contributed by atoms with Gasteiger partial charge in [-0.25, -0.2) is 9.31 Å². The van der Waals surface area contributed by atoms with Crippen LogP contribution in [-0.4, -0.2) is 62.2 Å². The first kappa shape index (κ1) is 21.3. The van der Waals surface area contributed by atoms with E-state index in [1.54, 1.807) is 15.6 Å². The Bertz CT molecular complexity index is 1260. The summed E-state index contributed by atoms with van der Waals surface area (Å²) in [5.74, 6) is 0. The van der Waals surface area contributed by atoms with E-state index in [0.29, 0.717) is 18.7 Å². The third-order valence-electron chi connectivity index (χ3n) is 6.27. The molecule has 0 radical (unpaired) electrons. The van der Waals surface area contributed by atoms with E-state index in [9.17, 15) is 10.1 Å². The largest absolute Gasteiger partial charge is 0.444 e. The molecule has 0 N–H and O–H groups in total. The van der Waals surface area contributed by atoms with Crippen LogP contribution in [0.1, 0.15) is 46.2 Å². The van der Waals surface area contributed by atoms with Crippen LogP contribution in [0.3, 0.4) is 0 Å². The van der Waals surface area contributed by atoms with E-state index in [1.165, 1.54) is 0 Å². The molecule has 5 rings (SSSR count). The lowest BCUT2D eigenvalue weighted by Crippen LogP contribution is -2.73. The Morgan fingerprint density at radius 2 is 1.85 bits per heavy atom. The summed E-state index contributed by atoms with van der Waals surface area (Å²) in [4.78, 5) is 16.4. The molecule has 3 aromatic heterocycles. The van der Waals surface area contributed by atoms with Crippen molar-refractivity contribution < 1.29 is 9.53 Å². The molecule has 2 aliphatic heterocycles. The first-order chi connectivity index (χ1) is 15.6. The maximum absolute atomic E-state index is 12.3. The predicted molar refractivity (Wildman–Crippen MR) is 124 cm³/mol. The maximum Gasteiger partial charge on any atom is 0.410 e. The molecule has 0 aliphatic carbocycles. The van der Waals surface area contributed by atoms with E-state index in [1.807, 2.05) is 44.0 Å². The summed E-state index contributed by atoms with van der Waals surface area (Å²) in [5.41, 5.74) is 3.96. The Balaban J connectivity index is 1.39. The fourth-order valence-electron chi connectivity index (χ4n) is 4.70. The van der Waals surface area contributed by atoms with Gasteiger partial charge >= 0.3 is 6.09 Å². The van der Waals surface area contributed by atoms with E-state index >= 15 is 0 Å². The minimum Gasteiger partial charge on any atom is -0.444 e. The molecule has 0 saturated carbocycles. The molecule has 2 fully saturated rings. The quantitative estimate of drug-likeness (QED) is 0.608. The van der Waals surface area contributed by atoms with Crippen LogP contribution < -0.4 is 4.90 Å². The molecule has 9 nitrogen and oxygen atoms in total. The van der Waals surface area contributed by atoms with Gasteiger partial charge in [0.2, 0.25) is 0 Å². The van der Waals surface area contributed by atoms with Crippen LogP contribution >= 0.6 is 0 Å². The van der Waals surface area contributed by atoms with Crippen LogP contribution in [0.2, 0.25) is 0 Å². The van der Waals surface area contributed by atoms with Gasteiger partial charge in [-0.05, 0) is 40.7 Å². The molecule has 5 heterocycles. The number of hydrogen-bond acceptors (Lipinski definition) is 6. The van der Waals surface area contributed by atoms with Gasteiger partial charge < -0.3 is 14.5 Å². The summed E-state index contributed by atoms with van der Waals surface area (Å²) in [5, 5.41) is 18.5. The maximum atomic E-state index is 12.3. The lowest BCUT2D eigenvalue weighted by atomic mass is 9.72. The van der Waals surface area contributed by atoms with Crippen molar-refractivity contribution in [2.45, 2.75) is 46.3 Å². The standard InChI is InChI=1S/C24H29N7O2/c1-16(2)30-11-19(9-26-30)17-6-20(21-18(7-25)8-27-31(21)10-17)28-12-24(13-28)14-29(15-24)22(32)33-23(3,4)5/h6,8-11,16H,12-15H2,1-5H3. The van der Waals surface area contributed by atoms with Gasteiger partial charge in [-0.1, -0.05) is 0 Å². The number of carbonyl (C=O) groups is 1. The van der Waals surface area contributed by atoms with Crippen molar-refractivity contribution in [1.82, 2.24) is 24.3 Å². The first-order valence-corrected chi connectivity index (χ1v) is 11.3. The lowest BCUT2D eigenvalue weighted by molar-refractivity contribution is -0.0452. The van der Waals surface area contributed by atoms with Crippen molar-refractivity contribution in [3.05, 3.63) is 36.4 Å². The second-order valence-electron chi connectivity index (χ2n) is 10.6. The van der Waals surface area contributed by atoms with E-state index in [0.717, 1.165) is 35.4 Å².